The first-order valence-corrected chi connectivity index (χ1v) is 10.6. The molecule has 4 nitrogen and oxygen atoms in total. The van der Waals surface area contributed by atoms with E-state index in [9.17, 15) is 9.59 Å². The molecule has 1 aromatic carbocycles. The van der Waals surface area contributed by atoms with Gasteiger partial charge in [0.1, 0.15) is 0 Å². The van der Waals surface area contributed by atoms with Crippen molar-refractivity contribution in [2.75, 3.05) is 6.61 Å². The summed E-state index contributed by atoms with van der Waals surface area (Å²) in [6.45, 7) is 4.30. The SMILES string of the molecule is CCCCCOC(=O)C1=C(C)NC2=C(C(=O)CCC2)C1c1cccc(Cl)c1Cl. The predicted molar refractivity (Wildman–Crippen MR) is 111 cm³/mol. The van der Waals surface area contributed by atoms with Crippen molar-refractivity contribution in [1.82, 2.24) is 5.32 Å². The Hall–Kier alpha value is -1.78. The van der Waals surface area contributed by atoms with Crippen molar-refractivity contribution < 1.29 is 14.3 Å². The van der Waals surface area contributed by atoms with Crippen LogP contribution in [0.1, 0.15) is 63.9 Å². The van der Waals surface area contributed by atoms with Gasteiger partial charge in [-0.15, -0.1) is 0 Å². The van der Waals surface area contributed by atoms with Gasteiger partial charge in [-0.3, -0.25) is 4.79 Å². The van der Waals surface area contributed by atoms with Gasteiger partial charge in [-0.25, -0.2) is 4.79 Å². The van der Waals surface area contributed by atoms with Crippen LogP contribution in [0.25, 0.3) is 0 Å². The van der Waals surface area contributed by atoms with Gasteiger partial charge in [0.05, 0.1) is 22.2 Å². The maximum Gasteiger partial charge on any atom is 0.336 e. The summed E-state index contributed by atoms with van der Waals surface area (Å²) in [4.78, 5) is 25.8. The molecule has 3 rings (SSSR count). The highest BCUT2D eigenvalue weighted by Crippen LogP contribution is 2.45. The molecule has 1 N–H and O–H groups in total. The second-order valence-electron chi connectivity index (χ2n) is 7.25. The van der Waals surface area contributed by atoms with Gasteiger partial charge in [0.2, 0.25) is 0 Å². The summed E-state index contributed by atoms with van der Waals surface area (Å²) in [6, 6.07) is 5.32. The van der Waals surface area contributed by atoms with Gasteiger partial charge in [-0.2, -0.15) is 0 Å². The summed E-state index contributed by atoms with van der Waals surface area (Å²) in [7, 11) is 0. The molecule has 0 radical (unpaired) electrons. The Morgan fingerprint density at radius 3 is 2.79 bits per heavy atom. The van der Waals surface area contributed by atoms with Gasteiger partial charge in [0, 0.05) is 29.3 Å². The Morgan fingerprint density at radius 2 is 2.04 bits per heavy atom. The topological polar surface area (TPSA) is 55.4 Å². The molecule has 2 aliphatic rings. The Labute approximate surface area is 175 Å². The van der Waals surface area contributed by atoms with E-state index in [1.807, 2.05) is 13.0 Å². The first-order valence-electron chi connectivity index (χ1n) is 9.80. The zero-order valence-electron chi connectivity index (χ0n) is 16.2. The zero-order chi connectivity index (χ0) is 20.3. The molecule has 0 saturated heterocycles. The van der Waals surface area contributed by atoms with Crippen LogP contribution in [0.3, 0.4) is 0 Å². The molecule has 1 aliphatic heterocycles. The van der Waals surface area contributed by atoms with Crippen LogP contribution < -0.4 is 5.32 Å². The second-order valence-corrected chi connectivity index (χ2v) is 8.04. The normalized spacial score (nSPS) is 19.4. The maximum atomic E-state index is 13.0. The molecule has 28 heavy (non-hydrogen) atoms. The molecular weight excluding hydrogens is 397 g/mol. The van der Waals surface area contributed by atoms with E-state index in [4.69, 9.17) is 27.9 Å². The lowest BCUT2D eigenvalue weighted by Gasteiger charge is -2.34. The molecule has 0 saturated carbocycles. The monoisotopic (exact) mass is 421 g/mol. The molecule has 0 aromatic heterocycles. The van der Waals surface area contributed by atoms with E-state index in [1.165, 1.54) is 0 Å². The largest absolute Gasteiger partial charge is 0.462 e. The fourth-order valence-corrected chi connectivity index (χ4v) is 4.32. The van der Waals surface area contributed by atoms with Gasteiger partial charge in [0.15, 0.2) is 5.78 Å². The van der Waals surface area contributed by atoms with Crippen molar-refractivity contribution in [3.8, 4) is 0 Å². The molecule has 0 spiro atoms. The van der Waals surface area contributed by atoms with E-state index in [2.05, 4.69) is 12.2 Å². The van der Waals surface area contributed by atoms with E-state index in [1.54, 1.807) is 12.1 Å². The van der Waals surface area contributed by atoms with Gasteiger partial charge >= 0.3 is 5.97 Å². The number of ketones is 1. The number of ether oxygens (including phenoxy) is 1. The standard InChI is InChI=1S/C22H25Cl2NO3/c1-3-4-5-12-28-22(27)18-13(2)25-16-10-7-11-17(26)20(16)19(18)14-8-6-9-15(23)21(14)24/h6,8-9,19,25H,3-5,7,10-12H2,1-2H3. The second kappa shape index (κ2) is 9.15. The minimum absolute atomic E-state index is 0.0403. The van der Waals surface area contributed by atoms with E-state index < -0.39 is 11.9 Å². The van der Waals surface area contributed by atoms with Crippen LogP contribution in [0.5, 0.6) is 0 Å². The lowest BCUT2D eigenvalue weighted by Crippen LogP contribution is -2.34. The van der Waals surface area contributed by atoms with Crippen molar-refractivity contribution >= 4 is 35.0 Å². The molecule has 1 aliphatic carbocycles. The smallest absolute Gasteiger partial charge is 0.336 e. The summed E-state index contributed by atoms with van der Waals surface area (Å²) >= 11 is 12.8. The highest BCUT2D eigenvalue weighted by Gasteiger charge is 2.40. The Morgan fingerprint density at radius 1 is 1.25 bits per heavy atom. The van der Waals surface area contributed by atoms with Crippen LogP contribution >= 0.6 is 23.2 Å². The number of benzene rings is 1. The third kappa shape index (κ3) is 4.13. The van der Waals surface area contributed by atoms with Crippen LogP contribution in [-0.4, -0.2) is 18.4 Å². The Balaban J connectivity index is 2.04. The lowest BCUT2D eigenvalue weighted by molar-refractivity contribution is -0.139. The number of carbonyl (C=O) groups is 2. The van der Waals surface area contributed by atoms with Crippen LogP contribution in [0.15, 0.2) is 40.7 Å². The molecule has 1 atom stereocenters. The highest BCUT2D eigenvalue weighted by molar-refractivity contribution is 6.42. The van der Waals surface area contributed by atoms with Gasteiger partial charge in [-0.1, -0.05) is 55.1 Å². The minimum Gasteiger partial charge on any atom is -0.462 e. The first-order chi connectivity index (χ1) is 13.5. The number of carbonyl (C=O) groups excluding carboxylic acids is 2. The van der Waals surface area contributed by atoms with Gasteiger partial charge < -0.3 is 10.1 Å². The van der Waals surface area contributed by atoms with Crippen LogP contribution in [0.4, 0.5) is 0 Å². The van der Waals surface area contributed by atoms with E-state index in [0.717, 1.165) is 37.8 Å². The summed E-state index contributed by atoms with van der Waals surface area (Å²) in [6.07, 6.45) is 4.90. The quantitative estimate of drug-likeness (QED) is 0.472. The number of Topliss-reactive ketones (excluding diaryl/α,β-unsaturated/α-hetero) is 1. The minimum atomic E-state index is -0.561. The Bertz CT molecular complexity index is 857. The average Bonchev–Trinajstić information content (AvgIpc) is 2.66. The van der Waals surface area contributed by atoms with Crippen LogP contribution in [-0.2, 0) is 14.3 Å². The van der Waals surface area contributed by atoms with E-state index in [0.29, 0.717) is 45.5 Å². The number of dihydropyridines is 1. The van der Waals surface area contributed by atoms with Crippen molar-refractivity contribution in [1.29, 1.82) is 0 Å². The van der Waals surface area contributed by atoms with Crippen molar-refractivity contribution in [3.63, 3.8) is 0 Å². The molecule has 1 heterocycles. The van der Waals surface area contributed by atoms with Crippen LogP contribution in [0, 0.1) is 0 Å². The molecular formula is C22H25Cl2NO3. The molecule has 1 aromatic rings. The summed E-state index contributed by atoms with van der Waals surface area (Å²) < 4.78 is 5.54. The number of halogens is 2. The van der Waals surface area contributed by atoms with Crippen molar-refractivity contribution in [2.24, 2.45) is 0 Å². The summed E-state index contributed by atoms with van der Waals surface area (Å²) in [5.41, 5.74) is 3.29. The van der Waals surface area contributed by atoms with E-state index >= 15 is 0 Å². The number of nitrogens with one attached hydrogen (secondary N) is 1. The molecule has 1 unspecified atom stereocenters. The van der Waals surface area contributed by atoms with Gasteiger partial charge in [-0.05, 0) is 37.8 Å². The van der Waals surface area contributed by atoms with Crippen molar-refractivity contribution in [2.45, 2.75) is 58.3 Å². The number of unbranched alkanes of at least 4 members (excludes halogenated alkanes) is 2. The molecule has 0 bridgehead atoms. The maximum absolute atomic E-state index is 13.0. The Kier molecular flexibility index (Phi) is 6.84. The fraction of sp³-hybridized carbons (Fsp3) is 0.455. The van der Waals surface area contributed by atoms with Crippen molar-refractivity contribution in [3.05, 3.63) is 56.3 Å². The summed E-state index contributed by atoms with van der Waals surface area (Å²) in [5.74, 6) is -0.931. The fourth-order valence-electron chi connectivity index (χ4n) is 3.90. The molecule has 150 valence electrons. The summed E-state index contributed by atoms with van der Waals surface area (Å²) in [5, 5.41) is 4.04. The predicted octanol–water partition coefficient (Wildman–Crippen LogP) is 5.69. The number of allylic oxidation sites excluding steroid dienone is 3. The number of esters is 1. The molecule has 0 amide bonds. The molecule has 0 fully saturated rings. The zero-order valence-corrected chi connectivity index (χ0v) is 17.8. The number of hydrogen-bond acceptors (Lipinski definition) is 4. The van der Waals surface area contributed by atoms with E-state index in [-0.39, 0.29) is 5.78 Å². The third-order valence-electron chi connectivity index (χ3n) is 5.27. The average molecular weight is 422 g/mol. The molecule has 6 heteroatoms. The number of hydrogen-bond donors (Lipinski definition) is 1. The number of rotatable bonds is 6. The highest BCUT2D eigenvalue weighted by atomic mass is 35.5. The van der Waals surface area contributed by atoms with Gasteiger partial charge in [0.25, 0.3) is 0 Å². The third-order valence-corrected chi connectivity index (χ3v) is 6.10. The first kappa shape index (κ1) is 20.9. The van der Waals surface area contributed by atoms with Crippen LogP contribution in [0.2, 0.25) is 10.0 Å². The lowest BCUT2D eigenvalue weighted by atomic mass is 9.75.